The minimum atomic E-state index is 0.356. The Morgan fingerprint density at radius 2 is 1.73 bits per heavy atom. The van der Waals surface area contributed by atoms with Crippen LogP contribution in [-0.2, 0) is 0 Å². The number of benzene rings is 1. The van der Waals surface area contributed by atoms with Crippen molar-refractivity contribution < 1.29 is 5.11 Å². The van der Waals surface area contributed by atoms with Gasteiger partial charge in [0.1, 0.15) is 5.75 Å². The van der Waals surface area contributed by atoms with Gasteiger partial charge in [0, 0.05) is 0 Å². The molecule has 2 atom stereocenters. The lowest BCUT2D eigenvalue weighted by atomic mass is 9.83. The standard InChI is InChI=1S/C14H22O/c1-4-6-12(5-2)11(3)13-7-9-14(15)10-8-13/h7-12,15H,4-6H2,1-3H3. The molecule has 1 heteroatoms. The van der Waals surface area contributed by atoms with Crippen molar-refractivity contribution in [3.05, 3.63) is 29.8 Å². The van der Waals surface area contributed by atoms with Crippen LogP contribution < -0.4 is 0 Å². The summed E-state index contributed by atoms with van der Waals surface area (Å²) in [7, 11) is 0. The molecule has 1 nitrogen and oxygen atoms in total. The van der Waals surface area contributed by atoms with E-state index in [4.69, 9.17) is 0 Å². The molecule has 0 amide bonds. The monoisotopic (exact) mass is 206 g/mol. The molecule has 1 aromatic rings. The first-order valence-corrected chi connectivity index (χ1v) is 5.98. The lowest BCUT2D eigenvalue weighted by Gasteiger charge is -2.22. The van der Waals surface area contributed by atoms with Crippen LogP contribution in [0.4, 0.5) is 0 Å². The molecule has 15 heavy (non-hydrogen) atoms. The smallest absolute Gasteiger partial charge is 0.115 e. The molecule has 0 heterocycles. The molecule has 0 saturated carbocycles. The van der Waals surface area contributed by atoms with E-state index in [1.165, 1.54) is 24.8 Å². The second-order valence-corrected chi connectivity index (χ2v) is 4.34. The molecule has 0 aliphatic heterocycles. The van der Waals surface area contributed by atoms with E-state index in [0.29, 0.717) is 11.7 Å². The fourth-order valence-corrected chi connectivity index (χ4v) is 2.23. The van der Waals surface area contributed by atoms with Gasteiger partial charge in [0.2, 0.25) is 0 Å². The fraction of sp³-hybridized carbons (Fsp3) is 0.571. The van der Waals surface area contributed by atoms with Crippen molar-refractivity contribution in [2.24, 2.45) is 5.92 Å². The molecule has 0 aliphatic rings. The van der Waals surface area contributed by atoms with Crippen LogP contribution in [-0.4, -0.2) is 5.11 Å². The van der Waals surface area contributed by atoms with Crippen LogP contribution in [0, 0.1) is 5.92 Å². The van der Waals surface area contributed by atoms with Gasteiger partial charge in [0.05, 0.1) is 0 Å². The Labute approximate surface area is 93.1 Å². The van der Waals surface area contributed by atoms with Crippen molar-refractivity contribution in [1.82, 2.24) is 0 Å². The van der Waals surface area contributed by atoms with E-state index in [9.17, 15) is 5.11 Å². The van der Waals surface area contributed by atoms with Crippen molar-refractivity contribution in [2.45, 2.75) is 46.0 Å². The molecule has 84 valence electrons. The van der Waals surface area contributed by atoms with Crippen LogP contribution in [0.3, 0.4) is 0 Å². The first-order chi connectivity index (χ1) is 7.19. The maximum Gasteiger partial charge on any atom is 0.115 e. The van der Waals surface area contributed by atoms with E-state index in [-0.39, 0.29) is 0 Å². The van der Waals surface area contributed by atoms with Gasteiger partial charge >= 0.3 is 0 Å². The fourth-order valence-electron chi connectivity index (χ4n) is 2.23. The van der Waals surface area contributed by atoms with Gasteiger partial charge in [-0.3, -0.25) is 0 Å². The summed E-state index contributed by atoms with van der Waals surface area (Å²) in [4.78, 5) is 0. The molecule has 0 radical (unpaired) electrons. The zero-order chi connectivity index (χ0) is 11.3. The molecule has 0 bridgehead atoms. The molecule has 2 unspecified atom stereocenters. The van der Waals surface area contributed by atoms with Gasteiger partial charge in [-0.25, -0.2) is 0 Å². The van der Waals surface area contributed by atoms with Crippen molar-refractivity contribution in [1.29, 1.82) is 0 Å². The second kappa shape index (κ2) is 5.79. The lowest BCUT2D eigenvalue weighted by Crippen LogP contribution is -2.08. The molecule has 0 aromatic heterocycles. The molecule has 0 spiro atoms. The Morgan fingerprint density at radius 1 is 1.13 bits per heavy atom. The highest BCUT2D eigenvalue weighted by Crippen LogP contribution is 2.30. The summed E-state index contributed by atoms with van der Waals surface area (Å²) in [5, 5.41) is 9.24. The predicted molar refractivity (Wildman–Crippen MR) is 65.2 cm³/mol. The van der Waals surface area contributed by atoms with E-state index in [2.05, 4.69) is 20.8 Å². The Kier molecular flexibility index (Phi) is 4.67. The van der Waals surface area contributed by atoms with Gasteiger partial charge in [0.15, 0.2) is 0 Å². The average molecular weight is 206 g/mol. The van der Waals surface area contributed by atoms with Crippen molar-refractivity contribution >= 4 is 0 Å². The van der Waals surface area contributed by atoms with Crippen molar-refractivity contribution in [3.63, 3.8) is 0 Å². The predicted octanol–water partition coefficient (Wildman–Crippen LogP) is 4.32. The first kappa shape index (κ1) is 12.1. The van der Waals surface area contributed by atoms with Crippen LogP contribution in [0.2, 0.25) is 0 Å². The summed E-state index contributed by atoms with van der Waals surface area (Å²) in [6, 6.07) is 7.64. The van der Waals surface area contributed by atoms with Crippen LogP contribution in [0.1, 0.15) is 51.5 Å². The summed E-state index contributed by atoms with van der Waals surface area (Å²) >= 11 is 0. The molecule has 0 saturated heterocycles. The highest BCUT2D eigenvalue weighted by molar-refractivity contribution is 5.28. The molecule has 1 rings (SSSR count). The molecule has 0 aliphatic carbocycles. The van der Waals surface area contributed by atoms with E-state index >= 15 is 0 Å². The van der Waals surface area contributed by atoms with Crippen molar-refractivity contribution in [3.8, 4) is 5.75 Å². The Hall–Kier alpha value is -0.980. The Balaban J connectivity index is 2.73. The third kappa shape index (κ3) is 3.26. The normalized spacial score (nSPS) is 14.9. The van der Waals surface area contributed by atoms with Gasteiger partial charge < -0.3 is 5.11 Å². The molecular formula is C14H22O. The number of hydrogen-bond acceptors (Lipinski definition) is 1. The van der Waals surface area contributed by atoms with E-state index in [1.54, 1.807) is 12.1 Å². The number of rotatable bonds is 5. The summed E-state index contributed by atoms with van der Waals surface area (Å²) < 4.78 is 0. The first-order valence-electron chi connectivity index (χ1n) is 5.98. The van der Waals surface area contributed by atoms with Gasteiger partial charge in [-0.15, -0.1) is 0 Å². The topological polar surface area (TPSA) is 20.2 Å². The summed E-state index contributed by atoms with van der Waals surface area (Å²) in [6.45, 7) is 6.79. The van der Waals surface area contributed by atoms with E-state index in [1.807, 2.05) is 12.1 Å². The summed E-state index contributed by atoms with van der Waals surface area (Å²) in [6.07, 6.45) is 3.77. The number of aromatic hydroxyl groups is 1. The van der Waals surface area contributed by atoms with Crippen LogP contribution in [0.25, 0.3) is 0 Å². The highest BCUT2D eigenvalue weighted by atomic mass is 16.3. The van der Waals surface area contributed by atoms with Gasteiger partial charge in [-0.1, -0.05) is 52.2 Å². The number of phenolic OH excluding ortho intramolecular Hbond substituents is 1. The highest BCUT2D eigenvalue weighted by Gasteiger charge is 2.16. The average Bonchev–Trinajstić information content (AvgIpc) is 2.26. The Bertz CT molecular complexity index is 276. The number of hydrogen-bond donors (Lipinski definition) is 1. The molecule has 0 fully saturated rings. The third-order valence-electron chi connectivity index (χ3n) is 3.31. The summed E-state index contributed by atoms with van der Waals surface area (Å²) in [5.41, 5.74) is 1.34. The van der Waals surface area contributed by atoms with Gasteiger partial charge in [-0.2, -0.15) is 0 Å². The Morgan fingerprint density at radius 3 is 2.20 bits per heavy atom. The lowest BCUT2D eigenvalue weighted by molar-refractivity contribution is 0.398. The molecule has 1 aromatic carbocycles. The van der Waals surface area contributed by atoms with Gasteiger partial charge in [0.25, 0.3) is 0 Å². The van der Waals surface area contributed by atoms with Gasteiger partial charge in [-0.05, 0) is 29.5 Å². The quantitative estimate of drug-likeness (QED) is 0.760. The van der Waals surface area contributed by atoms with Crippen LogP contribution in [0.15, 0.2) is 24.3 Å². The number of phenols is 1. The van der Waals surface area contributed by atoms with Crippen molar-refractivity contribution in [2.75, 3.05) is 0 Å². The second-order valence-electron chi connectivity index (χ2n) is 4.34. The zero-order valence-electron chi connectivity index (χ0n) is 10.0. The van der Waals surface area contributed by atoms with Crippen LogP contribution in [0.5, 0.6) is 5.75 Å². The summed E-state index contributed by atoms with van der Waals surface area (Å²) in [5.74, 6) is 1.71. The van der Waals surface area contributed by atoms with Crippen LogP contribution >= 0.6 is 0 Å². The van der Waals surface area contributed by atoms with E-state index in [0.717, 1.165) is 5.92 Å². The maximum absolute atomic E-state index is 9.24. The SMILES string of the molecule is CCCC(CC)C(C)c1ccc(O)cc1. The maximum atomic E-state index is 9.24. The molecular weight excluding hydrogens is 184 g/mol. The molecule has 1 N–H and O–H groups in total. The minimum absolute atomic E-state index is 0.356. The minimum Gasteiger partial charge on any atom is -0.508 e. The zero-order valence-corrected chi connectivity index (χ0v) is 10.0. The third-order valence-corrected chi connectivity index (χ3v) is 3.31. The van der Waals surface area contributed by atoms with E-state index < -0.39 is 0 Å². The largest absolute Gasteiger partial charge is 0.508 e.